The quantitative estimate of drug-likeness (QED) is 0.543. The van der Waals surface area contributed by atoms with Gasteiger partial charge in [-0.3, -0.25) is 4.79 Å². The molecule has 0 unspecified atom stereocenters. The lowest BCUT2D eigenvalue weighted by molar-refractivity contribution is -0.320. The molecule has 2 aromatic carbocycles. The molecule has 0 radical (unpaired) electrons. The van der Waals surface area contributed by atoms with Crippen molar-refractivity contribution in [2.75, 3.05) is 13.2 Å². The fourth-order valence-electron chi connectivity index (χ4n) is 4.64. The second-order valence-electron chi connectivity index (χ2n) is 9.06. The van der Waals surface area contributed by atoms with Crippen LogP contribution in [-0.4, -0.2) is 48.2 Å². The van der Waals surface area contributed by atoms with E-state index in [1.54, 1.807) is 0 Å². The van der Waals surface area contributed by atoms with Crippen LogP contribution in [0.1, 0.15) is 49.7 Å². The summed E-state index contributed by atoms with van der Waals surface area (Å²) < 4.78 is 24.2. The first-order chi connectivity index (χ1) is 16.1. The van der Waals surface area contributed by atoms with Crippen LogP contribution in [0.4, 0.5) is 0 Å². The molecule has 2 aromatic rings. The number of hydrogen-bond acceptors (Lipinski definition) is 6. The Morgan fingerprint density at radius 3 is 2.00 bits per heavy atom. The van der Waals surface area contributed by atoms with Crippen molar-refractivity contribution in [2.24, 2.45) is 0 Å². The van der Waals surface area contributed by atoms with Crippen LogP contribution in [0, 0.1) is 0 Å². The van der Waals surface area contributed by atoms with Crippen molar-refractivity contribution in [3.05, 3.63) is 71.8 Å². The average Bonchev–Trinajstić information content (AvgIpc) is 2.80. The SMILES string of the molecule is O=C1C[C@H](CCOCc2ccccc2)O[C@@]2(C1)C[C@@H](O)C[C@H](CCOCc1ccccc1)O2. The van der Waals surface area contributed by atoms with Gasteiger partial charge in [0.25, 0.3) is 0 Å². The Hall–Kier alpha value is -2.09. The van der Waals surface area contributed by atoms with Crippen LogP contribution in [-0.2, 0) is 37.0 Å². The third kappa shape index (κ3) is 7.45. The molecule has 4 atom stereocenters. The van der Waals surface area contributed by atoms with Crippen LogP contribution in [0.25, 0.3) is 0 Å². The van der Waals surface area contributed by atoms with Crippen molar-refractivity contribution >= 4 is 5.78 Å². The van der Waals surface area contributed by atoms with Crippen LogP contribution in [0.2, 0.25) is 0 Å². The standard InChI is InChI=1S/C27H34O6/c28-23-15-25(11-13-30-19-21-7-3-1-4-8-21)32-27(17-23)18-24(29)16-26(33-27)12-14-31-20-22-9-5-2-6-10-22/h1-10,23,25-26,28H,11-20H2/t23-,25-,26-,27+/m0/s1. The first-order valence-electron chi connectivity index (χ1n) is 11.9. The zero-order valence-electron chi connectivity index (χ0n) is 19.1. The number of Topliss-reactive ketones (excluding diaryl/α,β-unsaturated/α-hetero) is 1. The summed E-state index contributed by atoms with van der Waals surface area (Å²) in [5.74, 6) is -0.927. The van der Waals surface area contributed by atoms with Crippen molar-refractivity contribution in [1.29, 1.82) is 0 Å². The van der Waals surface area contributed by atoms with E-state index in [1.807, 2.05) is 60.7 Å². The molecule has 2 aliphatic heterocycles. The Bertz CT molecular complexity index is 853. The lowest BCUT2D eigenvalue weighted by atomic mass is 9.89. The number of ether oxygens (including phenoxy) is 4. The van der Waals surface area contributed by atoms with Gasteiger partial charge in [0, 0.05) is 26.1 Å². The molecule has 178 valence electrons. The average molecular weight is 455 g/mol. The van der Waals surface area contributed by atoms with Crippen LogP contribution in [0.15, 0.2) is 60.7 Å². The maximum atomic E-state index is 12.5. The second kappa shape index (κ2) is 11.9. The van der Waals surface area contributed by atoms with Crippen LogP contribution in [0.5, 0.6) is 0 Å². The molecule has 0 aliphatic carbocycles. The first-order valence-corrected chi connectivity index (χ1v) is 11.9. The lowest BCUT2D eigenvalue weighted by Crippen LogP contribution is -2.54. The van der Waals surface area contributed by atoms with Gasteiger partial charge in [0.15, 0.2) is 5.79 Å². The van der Waals surface area contributed by atoms with Crippen LogP contribution >= 0.6 is 0 Å². The van der Waals surface area contributed by atoms with Gasteiger partial charge in [-0.1, -0.05) is 60.7 Å². The maximum Gasteiger partial charge on any atom is 0.178 e. The molecule has 0 amide bonds. The molecule has 0 aromatic heterocycles. The highest BCUT2D eigenvalue weighted by Crippen LogP contribution is 2.39. The topological polar surface area (TPSA) is 74.2 Å². The molecular weight excluding hydrogens is 420 g/mol. The Morgan fingerprint density at radius 1 is 0.848 bits per heavy atom. The third-order valence-electron chi connectivity index (χ3n) is 6.16. The van der Waals surface area contributed by atoms with Crippen LogP contribution < -0.4 is 0 Å². The summed E-state index contributed by atoms with van der Waals surface area (Å²) in [6, 6.07) is 20.0. The number of rotatable bonds is 10. The van der Waals surface area contributed by atoms with E-state index in [-0.39, 0.29) is 24.4 Å². The van der Waals surface area contributed by atoms with Gasteiger partial charge in [0.2, 0.25) is 0 Å². The molecule has 6 nitrogen and oxygen atoms in total. The second-order valence-corrected chi connectivity index (χ2v) is 9.06. The van der Waals surface area contributed by atoms with Gasteiger partial charge >= 0.3 is 0 Å². The van der Waals surface area contributed by atoms with Gasteiger partial charge in [-0.25, -0.2) is 0 Å². The number of benzene rings is 2. The van der Waals surface area contributed by atoms with Crippen molar-refractivity contribution in [3.8, 4) is 0 Å². The first kappa shape index (κ1) is 24.0. The highest BCUT2D eigenvalue weighted by Gasteiger charge is 2.48. The smallest absolute Gasteiger partial charge is 0.178 e. The highest BCUT2D eigenvalue weighted by molar-refractivity contribution is 5.80. The van der Waals surface area contributed by atoms with Gasteiger partial charge < -0.3 is 24.1 Å². The Kier molecular flexibility index (Phi) is 8.64. The van der Waals surface area contributed by atoms with Gasteiger partial charge in [0.1, 0.15) is 5.78 Å². The third-order valence-corrected chi connectivity index (χ3v) is 6.16. The summed E-state index contributed by atoms with van der Waals surface area (Å²) in [5, 5.41) is 10.5. The van der Waals surface area contributed by atoms with Crippen LogP contribution in [0.3, 0.4) is 0 Å². The zero-order chi connectivity index (χ0) is 22.9. The van der Waals surface area contributed by atoms with Gasteiger partial charge in [-0.2, -0.15) is 0 Å². The Labute approximate surface area is 195 Å². The maximum absolute atomic E-state index is 12.5. The van der Waals surface area contributed by atoms with Gasteiger partial charge in [-0.05, 0) is 30.4 Å². The molecule has 1 spiro atoms. The number of carbonyl (C=O) groups excluding carboxylic acids is 1. The van der Waals surface area contributed by atoms with E-state index in [0.717, 1.165) is 11.1 Å². The summed E-state index contributed by atoms with van der Waals surface area (Å²) in [7, 11) is 0. The minimum Gasteiger partial charge on any atom is -0.393 e. The van der Waals surface area contributed by atoms with E-state index < -0.39 is 11.9 Å². The monoisotopic (exact) mass is 454 g/mol. The van der Waals surface area contributed by atoms with Gasteiger partial charge in [0.05, 0.1) is 37.9 Å². The molecule has 6 heteroatoms. The minimum atomic E-state index is -1.04. The number of carbonyl (C=O) groups is 1. The van der Waals surface area contributed by atoms with E-state index in [9.17, 15) is 9.90 Å². The molecule has 2 fully saturated rings. The predicted molar refractivity (Wildman–Crippen MR) is 123 cm³/mol. The van der Waals surface area contributed by atoms with Gasteiger partial charge in [-0.15, -0.1) is 0 Å². The number of aliphatic hydroxyl groups is 1. The summed E-state index contributed by atoms with van der Waals surface area (Å²) in [6.45, 7) is 2.10. The van der Waals surface area contributed by atoms with Crippen molar-refractivity contribution < 1.29 is 28.8 Å². The predicted octanol–water partition coefficient (Wildman–Crippen LogP) is 4.18. The molecule has 33 heavy (non-hydrogen) atoms. The number of ketones is 1. The largest absolute Gasteiger partial charge is 0.393 e. The molecule has 0 bridgehead atoms. The van der Waals surface area contributed by atoms with E-state index in [0.29, 0.717) is 58.5 Å². The van der Waals surface area contributed by atoms with E-state index in [1.165, 1.54) is 0 Å². The summed E-state index contributed by atoms with van der Waals surface area (Å²) in [4.78, 5) is 12.5. The Balaban J connectivity index is 1.24. The van der Waals surface area contributed by atoms with Crippen molar-refractivity contribution in [2.45, 2.75) is 75.8 Å². The Morgan fingerprint density at radius 2 is 1.39 bits per heavy atom. The summed E-state index contributed by atoms with van der Waals surface area (Å²) >= 11 is 0. The van der Waals surface area contributed by atoms with E-state index in [2.05, 4.69) is 0 Å². The molecule has 2 heterocycles. The zero-order valence-corrected chi connectivity index (χ0v) is 19.1. The highest BCUT2D eigenvalue weighted by atomic mass is 16.7. The minimum absolute atomic E-state index is 0.113. The van der Waals surface area contributed by atoms with E-state index >= 15 is 0 Å². The number of hydrogen-bond donors (Lipinski definition) is 1. The normalized spacial score (nSPS) is 27.7. The fourth-order valence-corrected chi connectivity index (χ4v) is 4.64. The fraction of sp³-hybridized carbons (Fsp3) is 0.519. The van der Waals surface area contributed by atoms with E-state index in [4.69, 9.17) is 18.9 Å². The lowest BCUT2D eigenvalue weighted by Gasteiger charge is -2.46. The molecule has 0 saturated carbocycles. The summed E-state index contributed by atoms with van der Waals surface area (Å²) in [5.41, 5.74) is 2.24. The molecule has 1 N–H and O–H groups in total. The molecule has 2 aliphatic rings. The van der Waals surface area contributed by atoms with Crippen molar-refractivity contribution in [1.82, 2.24) is 0 Å². The summed E-state index contributed by atoms with van der Waals surface area (Å²) in [6.07, 6.45) is 1.64. The molecule has 2 saturated heterocycles. The molecule has 4 rings (SSSR count). The van der Waals surface area contributed by atoms with Crippen molar-refractivity contribution in [3.63, 3.8) is 0 Å². The molecular formula is C27H34O6. The number of aliphatic hydroxyl groups excluding tert-OH is 1.